The van der Waals surface area contributed by atoms with Crippen molar-refractivity contribution in [2.75, 3.05) is 13.7 Å². The Morgan fingerprint density at radius 2 is 1.60 bits per heavy atom. The summed E-state index contributed by atoms with van der Waals surface area (Å²) < 4.78 is 10.9. The summed E-state index contributed by atoms with van der Waals surface area (Å²) in [6, 6.07) is 13.5. The number of ether oxygens (including phenoxy) is 2. The van der Waals surface area contributed by atoms with Crippen LogP contribution in [0.15, 0.2) is 48.5 Å². The molecule has 0 aliphatic heterocycles. The molecule has 0 bridgehead atoms. The highest BCUT2D eigenvalue weighted by Crippen LogP contribution is 2.28. The van der Waals surface area contributed by atoms with Crippen LogP contribution in [0.2, 0.25) is 0 Å². The van der Waals surface area contributed by atoms with Crippen LogP contribution in [0.25, 0.3) is 0 Å². The molecule has 2 N–H and O–H groups in total. The van der Waals surface area contributed by atoms with Gasteiger partial charge in [0.2, 0.25) is 0 Å². The molecule has 132 valence electrons. The lowest BCUT2D eigenvalue weighted by Gasteiger charge is -2.12. The summed E-state index contributed by atoms with van der Waals surface area (Å²) in [6.45, 7) is 2.67. The number of nitrogens with one attached hydrogen (secondary N) is 2. The number of unbranched alkanes of at least 4 members (excludes halogenated alkanes) is 1. The van der Waals surface area contributed by atoms with Crippen LogP contribution < -0.4 is 20.3 Å². The minimum Gasteiger partial charge on any atom is -0.493 e. The highest BCUT2D eigenvalue weighted by atomic mass is 16.5. The number of rotatable bonds is 7. The summed E-state index contributed by atoms with van der Waals surface area (Å²) in [5.41, 5.74) is 5.58. The van der Waals surface area contributed by atoms with Crippen LogP contribution in [0.5, 0.6) is 11.5 Å². The van der Waals surface area contributed by atoms with Crippen molar-refractivity contribution in [3.63, 3.8) is 0 Å². The highest BCUT2D eigenvalue weighted by molar-refractivity contribution is 5.99. The third-order valence-corrected chi connectivity index (χ3v) is 3.51. The monoisotopic (exact) mass is 342 g/mol. The van der Waals surface area contributed by atoms with Crippen molar-refractivity contribution in [3.05, 3.63) is 59.7 Å². The lowest BCUT2D eigenvalue weighted by Crippen LogP contribution is -2.41. The molecule has 0 spiro atoms. The highest BCUT2D eigenvalue weighted by Gasteiger charge is 2.12. The normalized spacial score (nSPS) is 10.0. The molecule has 0 saturated carbocycles. The lowest BCUT2D eigenvalue weighted by atomic mass is 10.2. The number of methoxy groups -OCH3 is 1. The van der Waals surface area contributed by atoms with E-state index in [1.165, 1.54) is 7.11 Å². The maximum Gasteiger partial charge on any atom is 0.269 e. The van der Waals surface area contributed by atoms with Gasteiger partial charge in [0.1, 0.15) is 0 Å². The number of hydrogen-bond donors (Lipinski definition) is 2. The minimum absolute atomic E-state index is 0.355. The smallest absolute Gasteiger partial charge is 0.269 e. The number of hydrazine groups is 1. The first-order valence-corrected chi connectivity index (χ1v) is 8.12. The molecule has 0 atom stereocenters. The maximum atomic E-state index is 12.2. The van der Waals surface area contributed by atoms with Crippen LogP contribution in [0.3, 0.4) is 0 Å². The predicted molar refractivity (Wildman–Crippen MR) is 94.8 cm³/mol. The fraction of sp³-hybridized carbons (Fsp3) is 0.263. The molecule has 6 nitrogen and oxygen atoms in total. The fourth-order valence-electron chi connectivity index (χ4n) is 2.10. The van der Waals surface area contributed by atoms with Gasteiger partial charge in [-0.05, 0) is 36.8 Å². The Morgan fingerprint density at radius 3 is 2.24 bits per heavy atom. The summed E-state index contributed by atoms with van der Waals surface area (Å²) >= 11 is 0. The van der Waals surface area contributed by atoms with E-state index in [-0.39, 0.29) is 5.91 Å². The molecule has 0 aliphatic rings. The molecule has 6 heteroatoms. The second-order valence-corrected chi connectivity index (χ2v) is 5.34. The van der Waals surface area contributed by atoms with E-state index in [9.17, 15) is 9.59 Å². The Hall–Kier alpha value is -3.02. The summed E-state index contributed by atoms with van der Waals surface area (Å²) in [5.74, 6) is 0.224. The second kappa shape index (κ2) is 9.32. The van der Waals surface area contributed by atoms with E-state index in [0.717, 1.165) is 12.8 Å². The topological polar surface area (TPSA) is 76.7 Å². The van der Waals surface area contributed by atoms with Crippen LogP contribution in [0.1, 0.15) is 40.5 Å². The molecule has 0 fully saturated rings. The van der Waals surface area contributed by atoms with Gasteiger partial charge >= 0.3 is 0 Å². The molecular formula is C19H22N2O4. The van der Waals surface area contributed by atoms with E-state index in [0.29, 0.717) is 29.2 Å². The maximum absolute atomic E-state index is 12.2. The first-order chi connectivity index (χ1) is 12.2. The summed E-state index contributed by atoms with van der Waals surface area (Å²) in [5, 5.41) is 0. The van der Waals surface area contributed by atoms with E-state index in [1.54, 1.807) is 42.5 Å². The standard InChI is InChI=1S/C19H22N2O4/c1-3-4-12-25-16-11-10-15(13-17(16)24-2)19(23)21-20-18(22)14-8-6-5-7-9-14/h5-11,13H,3-4,12H2,1-2H3,(H,20,22)(H,21,23). The van der Waals surface area contributed by atoms with Gasteiger partial charge in [0.05, 0.1) is 13.7 Å². The molecule has 0 aromatic heterocycles. The molecule has 0 radical (unpaired) electrons. The Bertz CT molecular complexity index is 717. The van der Waals surface area contributed by atoms with E-state index < -0.39 is 5.91 Å². The largest absolute Gasteiger partial charge is 0.493 e. The van der Waals surface area contributed by atoms with Gasteiger partial charge in [0.25, 0.3) is 11.8 Å². The van der Waals surface area contributed by atoms with Gasteiger partial charge in [-0.1, -0.05) is 31.5 Å². The van der Waals surface area contributed by atoms with Crippen LogP contribution in [0, 0.1) is 0 Å². The van der Waals surface area contributed by atoms with E-state index in [2.05, 4.69) is 17.8 Å². The zero-order chi connectivity index (χ0) is 18.1. The van der Waals surface area contributed by atoms with E-state index in [4.69, 9.17) is 9.47 Å². The second-order valence-electron chi connectivity index (χ2n) is 5.34. The lowest BCUT2D eigenvalue weighted by molar-refractivity contribution is 0.0846. The van der Waals surface area contributed by atoms with Crippen LogP contribution in [0.4, 0.5) is 0 Å². The van der Waals surface area contributed by atoms with E-state index >= 15 is 0 Å². The summed E-state index contributed by atoms with van der Waals surface area (Å²) in [4.78, 5) is 24.1. The number of amides is 2. The Kier molecular flexibility index (Phi) is 6.83. The van der Waals surface area contributed by atoms with E-state index in [1.807, 2.05) is 6.07 Å². The predicted octanol–water partition coefficient (Wildman–Crippen LogP) is 2.95. The minimum atomic E-state index is -0.442. The van der Waals surface area contributed by atoms with Crippen LogP contribution >= 0.6 is 0 Å². The van der Waals surface area contributed by atoms with Gasteiger partial charge in [-0.15, -0.1) is 0 Å². The molecule has 25 heavy (non-hydrogen) atoms. The molecule has 0 aliphatic carbocycles. The van der Waals surface area contributed by atoms with Gasteiger partial charge in [-0.3, -0.25) is 20.4 Å². The molecule has 2 amide bonds. The van der Waals surface area contributed by atoms with Gasteiger partial charge in [-0.2, -0.15) is 0 Å². The molecular weight excluding hydrogens is 320 g/mol. The average Bonchev–Trinajstić information content (AvgIpc) is 2.66. The zero-order valence-corrected chi connectivity index (χ0v) is 14.4. The molecule has 2 aromatic rings. The van der Waals surface area contributed by atoms with Crippen LogP contribution in [-0.2, 0) is 0 Å². The van der Waals surface area contributed by atoms with Gasteiger partial charge < -0.3 is 9.47 Å². The Morgan fingerprint density at radius 1 is 0.920 bits per heavy atom. The third kappa shape index (κ3) is 5.24. The number of carbonyl (C=O) groups is 2. The number of carbonyl (C=O) groups excluding carboxylic acids is 2. The van der Waals surface area contributed by atoms with Crippen molar-refractivity contribution in [1.29, 1.82) is 0 Å². The first-order valence-electron chi connectivity index (χ1n) is 8.12. The van der Waals surface area contributed by atoms with Crippen molar-refractivity contribution in [1.82, 2.24) is 10.9 Å². The van der Waals surface area contributed by atoms with Gasteiger partial charge in [-0.25, -0.2) is 0 Å². The average molecular weight is 342 g/mol. The Balaban J connectivity index is 1.98. The number of hydrogen-bond acceptors (Lipinski definition) is 4. The van der Waals surface area contributed by atoms with Gasteiger partial charge in [0.15, 0.2) is 11.5 Å². The Labute approximate surface area is 147 Å². The molecule has 0 unspecified atom stereocenters. The summed E-state index contributed by atoms with van der Waals surface area (Å²) in [6.07, 6.45) is 1.97. The molecule has 2 rings (SSSR count). The van der Waals surface area contributed by atoms with Crippen molar-refractivity contribution in [3.8, 4) is 11.5 Å². The van der Waals surface area contributed by atoms with Crippen LogP contribution in [-0.4, -0.2) is 25.5 Å². The zero-order valence-electron chi connectivity index (χ0n) is 14.4. The molecule has 0 heterocycles. The van der Waals surface area contributed by atoms with Crippen molar-refractivity contribution >= 4 is 11.8 Å². The SMILES string of the molecule is CCCCOc1ccc(C(=O)NNC(=O)c2ccccc2)cc1OC. The fourth-order valence-corrected chi connectivity index (χ4v) is 2.10. The van der Waals surface area contributed by atoms with Crippen molar-refractivity contribution in [2.45, 2.75) is 19.8 Å². The van der Waals surface area contributed by atoms with Crippen molar-refractivity contribution in [2.24, 2.45) is 0 Å². The quantitative estimate of drug-likeness (QED) is 0.599. The summed E-state index contributed by atoms with van der Waals surface area (Å²) in [7, 11) is 1.51. The first kappa shape index (κ1) is 18.3. The van der Waals surface area contributed by atoms with Gasteiger partial charge in [0, 0.05) is 11.1 Å². The van der Waals surface area contributed by atoms with Crippen molar-refractivity contribution < 1.29 is 19.1 Å². The molecule has 2 aromatic carbocycles. The molecule has 0 saturated heterocycles. The third-order valence-electron chi connectivity index (χ3n) is 3.51. The number of benzene rings is 2.